The number of carbonyl (C=O) groups is 1. The first-order chi connectivity index (χ1) is 14.1. The molecule has 2 aromatic heterocycles. The van der Waals surface area contributed by atoms with Crippen LogP contribution in [0, 0.1) is 6.92 Å². The van der Waals surface area contributed by atoms with Crippen LogP contribution in [0.25, 0.3) is 11.1 Å². The van der Waals surface area contributed by atoms with Crippen LogP contribution in [0.4, 0.5) is 0 Å². The molecule has 4 rings (SSSR count). The summed E-state index contributed by atoms with van der Waals surface area (Å²) in [5.41, 5.74) is 13.5. The fraction of sp³-hybridized carbons (Fsp3) is 0.360. The van der Waals surface area contributed by atoms with Gasteiger partial charge in [0.2, 0.25) is 0 Å². The van der Waals surface area contributed by atoms with E-state index in [0.29, 0.717) is 5.56 Å². The molecule has 0 aliphatic heterocycles. The molecule has 1 unspecified atom stereocenters. The number of benzene rings is 1. The van der Waals surface area contributed by atoms with E-state index in [1.165, 1.54) is 23.2 Å². The number of amides is 1. The second-order valence-electron chi connectivity index (χ2n) is 7.97. The van der Waals surface area contributed by atoms with Crippen LogP contribution in [0.3, 0.4) is 0 Å². The van der Waals surface area contributed by atoms with Crippen LogP contribution < -0.4 is 5.73 Å². The van der Waals surface area contributed by atoms with E-state index in [-0.39, 0.29) is 11.9 Å². The Bertz CT molecular complexity index is 1020. The largest absolute Gasteiger partial charge is 0.366 e. The van der Waals surface area contributed by atoms with Crippen molar-refractivity contribution in [1.29, 1.82) is 0 Å². The molecule has 0 saturated carbocycles. The fourth-order valence-corrected chi connectivity index (χ4v) is 4.90. The van der Waals surface area contributed by atoms with E-state index >= 15 is 0 Å². The minimum atomic E-state index is -0.358. The van der Waals surface area contributed by atoms with Crippen LogP contribution >= 0.6 is 0 Å². The molecule has 4 nitrogen and oxygen atoms in total. The van der Waals surface area contributed by atoms with Gasteiger partial charge in [0.15, 0.2) is 0 Å². The summed E-state index contributed by atoms with van der Waals surface area (Å²) in [5.74, 6) is -0.358. The summed E-state index contributed by atoms with van der Waals surface area (Å²) >= 11 is 0. The number of unbranched alkanes of at least 4 members (excludes halogenated alkanes) is 2. The number of hydrogen-bond acceptors (Lipinski definition) is 2. The number of nitrogens with two attached hydrogens (primary N) is 1. The molecule has 2 N–H and O–H groups in total. The molecule has 0 spiro atoms. The third kappa shape index (κ3) is 3.48. The van der Waals surface area contributed by atoms with Crippen molar-refractivity contribution in [3.8, 4) is 11.1 Å². The van der Waals surface area contributed by atoms with Crippen molar-refractivity contribution in [1.82, 2.24) is 9.55 Å². The van der Waals surface area contributed by atoms with Crippen LogP contribution in [0.1, 0.15) is 71.5 Å². The molecular weight excluding hydrogens is 358 g/mol. The van der Waals surface area contributed by atoms with Crippen molar-refractivity contribution < 1.29 is 4.79 Å². The Kier molecular flexibility index (Phi) is 5.52. The zero-order chi connectivity index (χ0) is 20.4. The average Bonchev–Trinajstić information content (AvgIpc) is 3.27. The molecule has 0 fully saturated rings. The summed E-state index contributed by atoms with van der Waals surface area (Å²) in [5, 5.41) is 0. The molecule has 1 aromatic carbocycles. The number of fused-ring (bicyclic) bond motifs is 1. The highest BCUT2D eigenvalue weighted by Gasteiger charge is 2.31. The molecule has 3 aromatic rings. The number of nitrogens with zero attached hydrogens (tertiary/aromatic N) is 2. The minimum Gasteiger partial charge on any atom is -0.366 e. The first kappa shape index (κ1) is 19.4. The lowest BCUT2D eigenvalue weighted by molar-refractivity contribution is 0.1000. The highest BCUT2D eigenvalue weighted by Crippen LogP contribution is 2.41. The lowest BCUT2D eigenvalue weighted by atomic mass is 9.98. The van der Waals surface area contributed by atoms with Gasteiger partial charge in [-0.3, -0.25) is 9.78 Å². The van der Waals surface area contributed by atoms with Gasteiger partial charge in [-0.15, -0.1) is 0 Å². The molecule has 0 bridgehead atoms. The maximum atomic E-state index is 12.6. The van der Waals surface area contributed by atoms with Crippen LogP contribution in [-0.2, 0) is 12.8 Å². The molecular formula is C25H29N3O. The molecule has 150 valence electrons. The summed E-state index contributed by atoms with van der Waals surface area (Å²) in [4.78, 5) is 16.9. The van der Waals surface area contributed by atoms with Crippen LogP contribution in [0.5, 0.6) is 0 Å². The topological polar surface area (TPSA) is 60.9 Å². The quantitative estimate of drug-likeness (QED) is 0.565. The van der Waals surface area contributed by atoms with Crippen molar-refractivity contribution in [2.45, 2.75) is 58.4 Å². The molecule has 4 heteroatoms. The van der Waals surface area contributed by atoms with Gasteiger partial charge >= 0.3 is 0 Å². The highest BCUT2D eigenvalue weighted by atomic mass is 16.1. The number of pyridine rings is 1. The predicted molar refractivity (Wildman–Crippen MR) is 117 cm³/mol. The van der Waals surface area contributed by atoms with Gasteiger partial charge in [0.1, 0.15) is 0 Å². The normalized spacial score (nSPS) is 15.4. The van der Waals surface area contributed by atoms with Gasteiger partial charge in [-0.2, -0.15) is 0 Å². The summed E-state index contributed by atoms with van der Waals surface area (Å²) in [7, 11) is 0. The molecule has 1 amide bonds. The first-order valence-electron chi connectivity index (χ1n) is 10.6. The van der Waals surface area contributed by atoms with E-state index in [2.05, 4.69) is 40.7 Å². The summed E-state index contributed by atoms with van der Waals surface area (Å²) in [6.45, 7) is 4.26. The Labute approximate surface area is 172 Å². The third-order valence-electron chi connectivity index (χ3n) is 6.18. The second-order valence-corrected chi connectivity index (χ2v) is 7.97. The van der Waals surface area contributed by atoms with Gasteiger partial charge < -0.3 is 10.3 Å². The zero-order valence-electron chi connectivity index (χ0n) is 17.3. The monoisotopic (exact) mass is 387 g/mol. The SMILES string of the molecule is CCCCCc1c(-c2cccnc2)c(C(N)=O)c(C)n1C1CCc2ccccc21. The average molecular weight is 388 g/mol. The molecule has 29 heavy (non-hydrogen) atoms. The van der Waals surface area contributed by atoms with E-state index in [1.54, 1.807) is 6.20 Å². The zero-order valence-corrected chi connectivity index (χ0v) is 17.3. The number of aryl methyl sites for hydroxylation is 1. The Hall–Kier alpha value is -2.88. The Balaban J connectivity index is 1.94. The van der Waals surface area contributed by atoms with Gasteiger partial charge in [0, 0.05) is 34.9 Å². The number of hydrogen-bond donors (Lipinski definition) is 1. The fourth-order valence-electron chi connectivity index (χ4n) is 4.90. The Morgan fingerprint density at radius 3 is 2.76 bits per heavy atom. The summed E-state index contributed by atoms with van der Waals surface area (Å²) in [6, 6.07) is 12.9. The third-order valence-corrected chi connectivity index (χ3v) is 6.18. The minimum absolute atomic E-state index is 0.256. The molecule has 0 saturated heterocycles. The number of carbonyl (C=O) groups excluding carboxylic acids is 1. The smallest absolute Gasteiger partial charge is 0.251 e. The van der Waals surface area contributed by atoms with Gasteiger partial charge in [-0.05, 0) is 49.8 Å². The van der Waals surface area contributed by atoms with Crippen molar-refractivity contribution in [2.24, 2.45) is 5.73 Å². The lowest BCUT2D eigenvalue weighted by Gasteiger charge is -2.21. The van der Waals surface area contributed by atoms with E-state index in [4.69, 9.17) is 5.73 Å². The van der Waals surface area contributed by atoms with E-state index in [0.717, 1.165) is 48.9 Å². The van der Waals surface area contributed by atoms with Gasteiger partial charge in [-0.25, -0.2) is 0 Å². The van der Waals surface area contributed by atoms with Gasteiger partial charge in [0.25, 0.3) is 5.91 Å². The number of primary amides is 1. The highest BCUT2D eigenvalue weighted by molar-refractivity contribution is 6.02. The molecule has 1 atom stereocenters. The van der Waals surface area contributed by atoms with Crippen molar-refractivity contribution in [3.63, 3.8) is 0 Å². The number of aromatic nitrogens is 2. The lowest BCUT2D eigenvalue weighted by Crippen LogP contribution is -2.15. The molecule has 2 heterocycles. The van der Waals surface area contributed by atoms with Crippen molar-refractivity contribution in [3.05, 3.63) is 76.9 Å². The van der Waals surface area contributed by atoms with Crippen LogP contribution in [0.15, 0.2) is 48.8 Å². The number of rotatable bonds is 7. The van der Waals surface area contributed by atoms with Gasteiger partial charge in [0.05, 0.1) is 11.6 Å². The maximum Gasteiger partial charge on any atom is 0.251 e. The Morgan fingerprint density at radius 2 is 2.03 bits per heavy atom. The molecule has 0 radical (unpaired) electrons. The summed E-state index contributed by atoms with van der Waals surface area (Å²) in [6.07, 6.45) is 10.1. The van der Waals surface area contributed by atoms with Crippen molar-refractivity contribution >= 4 is 5.91 Å². The van der Waals surface area contributed by atoms with E-state index in [1.807, 2.05) is 25.3 Å². The van der Waals surface area contributed by atoms with Gasteiger partial charge in [-0.1, -0.05) is 50.1 Å². The van der Waals surface area contributed by atoms with Crippen molar-refractivity contribution in [2.75, 3.05) is 0 Å². The molecule has 1 aliphatic rings. The Morgan fingerprint density at radius 1 is 1.21 bits per heavy atom. The van der Waals surface area contributed by atoms with Crippen LogP contribution in [-0.4, -0.2) is 15.5 Å². The van der Waals surface area contributed by atoms with E-state index in [9.17, 15) is 4.79 Å². The first-order valence-corrected chi connectivity index (χ1v) is 10.6. The van der Waals surface area contributed by atoms with E-state index < -0.39 is 0 Å². The maximum absolute atomic E-state index is 12.6. The standard InChI is InChI=1S/C25H29N3O/c1-3-4-5-12-22-24(19-10-8-15-27-16-19)23(25(26)29)17(2)28(22)21-14-13-18-9-6-7-11-20(18)21/h6-11,15-16,21H,3-5,12-14H2,1-2H3,(H2,26,29). The van der Waals surface area contributed by atoms with Crippen LogP contribution in [0.2, 0.25) is 0 Å². The second kappa shape index (κ2) is 8.24. The summed E-state index contributed by atoms with van der Waals surface area (Å²) < 4.78 is 2.41. The predicted octanol–water partition coefficient (Wildman–Crippen LogP) is 5.23. The molecule has 1 aliphatic carbocycles.